The molecule has 1 N–H and O–H groups in total. The fraction of sp³-hybridized carbons (Fsp3) is 1.00. The molecule has 1 heterocycles. The summed E-state index contributed by atoms with van der Waals surface area (Å²) >= 11 is 0. The molecule has 1 saturated heterocycles. The van der Waals surface area contributed by atoms with Crippen molar-refractivity contribution in [2.75, 3.05) is 46.3 Å². The molecular weight excluding hydrogens is 234 g/mol. The Morgan fingerprint density at radius 1 is 1.16 bits per heavy atom. The lowest BCUT2D eigenvalue weighted by molar-refractivity contribution is 0.165. The average Bonchev–Trinajstić information content (AvgIpc) is 2.58. The molecular formula is C16H33N3. The van der Waals surface area contributed by atoms with E-state index in [1.807, 2.05) is 0 Å². The minimum atomic E-state index is 0.578. The highest BCUT2D eigenvalue weighted by molar-refractivity contribution is 4.81. The van der Waals surface area contributed by atoms with Crippen molar-refractivity contribution in [2.24, 2.45) is 5.41 Å². The fourth-order valence-corrected chi connectivity index (χ4v) is 3.50. The summed E-state index contributed by atoms with van der Waals surface area (Å²) in [4.78, 5) is 5.23. The molecule has 0 radical (unpaired) electrons. The molecule has 1 saturated carbocycles. The second-order valence-electron chi connectivity index (χ2n) is 7.32. The molecule has 2 rings (SSSR count). The molecule has 0 aromatic heterocycles. The Kier molecular flexibility index (Phi) is 5.67. The van der Waals surface area contributed by atoms with E-state index >= 15 is 0 Å². The maximum absolute atomic E-state index is 3.43. The number of hydrogen-bond donors (Lipinski definition) is 1. The third-order valence-corrected chi connectivity index (χ3v) is 5.15. The molecule has 3 nitrogen and oxygen atoms in total. The van der Waals surface area contributed by atoms with Crippen LogP contribution in [0.15, 0.2) is 0 Å². The lowest BCUT2D eigenvalue weighted by Gasteiger charge is -2.32. The monoisotopic (exact) mass is 267 g/mol. The van der Waals surface area contributed by atoms with Gasteiger partial charge in [0.25, 0.3) is 0 Å². The molecule has 2 fully saturated rings. The molecule has 0 amide bonds. The van der Waals surface area contributed by atoms with E-state index in [0.717, 1.165) is 6.04 Å². The minimum Gasteiger partial charge on any atom is -0.314 e. The van der Waals surface area contributed by atoms with E-state index in [-0.39, 0.29) is 0 Å². The highest BCUT2D eigenvalue weighted by atomic mass is 15.2. The lowest BCUT2D eigenvalue weighted by Crippen LogP contribution is -2.47. The molecule has 19 heavy (non-hydrogen) atoms. The van der Waals surface area contributed by atoms with Gasteiger partial charge in [-0.25, -0.2) is 0 Å². The molecule has 2 aliphatic rings. The lowest BCUT2D eigenvalue weighted by atomic mass is 9.85. The standard InChI is InChI=1S/C16H33N3/c1-16(2)7-4-5-15(6-8-16)18(3)13-14-19-11-9-17-10-12-19/h15,17H,4-14H2,1-3H3. The number of piperazine rings is 1. The van der Waals surface area contributed by atoms with Gasteiger partial charge < -0.3 is 10.2 Å². The van der Waals surface area contributed by atoms with Crippen LogP contribution in [0.2, 0.25) is 0 Å². The smallest absolute Gasteiger partial charge is 0.0110 e. The van der Waals surface area contributed by atoms with Crippen molar-refractivity contribution < 1.29 is 0 Å². The molecule has 1 aliphatic carbocycles. The summed E-state index contributed by atoms with van der Waals surface area (Å²) in [7, 11) is 2.34. The van der Waals surface area contributed by atoms with Gasteiger partial charge >= 0.3 is 0 Å². The van der Waals surface area contributed by atoms with Crippen LogP contribution in [0.3, 0.4) is 0 Å². The van der Waals surface area contributed by atoms with Gasteiger partial charge in [0.1, 0.15) is 0 Å². The third-order valence-electron chi connectivity index (χ3n) is 5.15. The molecule has 1 atom stereocenters. The van der Waals surface area contributed by atoms with Gasteiger partial charge in [0.15, 0.2) is 0 Å². The first-order valence-corrected chi connectivity index (χ1v) is 8.20. The van der Waals surface area contributed by atoms with Crippen LogP contribution in [-0.4, -0.2) is 62.2 Å². The molecule has 1 aliphatic heterocycles. The first-order valence-electron chi connectivity index (χ1n) is 8.20. The maximum atomic E-state index is 3.43. The summed E-state index contributed by atoms with van der Waals surface area (Å²) < 4.78 is 0. The quantitative estimate of drug-likeness (QED) is 0.788. The highest BCUT2D eigenvalue weighted by Gasteiger charge is 2.26. The van der Waals surface area contributed by atoms with Gasteiger partial charge in [0.2, 0.25) is 0 Å². The van der Waals surface area contributed by atoms with Crippen molar-refractivity contribution >= 4 is 0 Å². The molecule has 0 aromatic carbocycles. The largest absolute Gasteiger partial charge is 0.314 e. The average molecular weight is 267 g/mol. The molecule has 0 bridgehead atoms. The number of nitrogens with one attached hydrogen (secondary N) is 1. The van der Waals surface area contributed by atoms with Crippen LogP contribution in [0.5, 0.6) is 0 Å². The Balaban J connectivity index is 1.71. The molecule has 0 spiro atoms. The summed E-state index contributed by atoms with van der Waals surface area (Å²) in [5.41, 5.74) is 0.578. The summed E-state index contributed by atoms with van der Waals surface area (Å²) in [6, 6.07) is 0.824. The van der Waals surface area contributed by atoms with Gasteiger partial charge in [0, 0.05) is 45.3 Å². The van der Waals surface area contributed by atoms with E-state index in [0.29, 0.717) is 5.41 Å². The third kappa shape index (κ3) is 5.05. The van der Waals surface area contributed by atoms with Crippen molar-refractivity contribution in [2.45, 2.75) is 52.0 Å². The second kappa shape index (κ2) is 7.05. The van der Waals surface area contributed by atoms with Crippen molar-refractivity contribution in [1.82, 2.24) is 15.1 Å². The normalized spacial score (nSPS) is 29.4. The Morgan fingerprint density at radius 3 is 2.63 bits per heavy atom. The number of rotatable bonds is 4. The van der Waals surface area contributed by atoms with Gasteiger partial charge in [-0.2, -0.15) is 0 Å². The summed E-state index contributed by atoms with van der Waals surface area (Å²) in [5.74, 6) is 0. The zero-order chi connectivity index (χ0) is 13.7. The number of hydrogen-bond acceptors (Lipinski definition) is 3. The van der Waals surface area contributed by atoms with Crippen LogP contribution in [0.1, 0.15) is 46.0 Å². The number of nitrogens with zero attached hydrogens (tertiary/aromatic N) is 2. The highest BCUT2D eigenvalue weighted by Crippen LogP contribution is 2.34. The van der Waals surface area contributed by atoms with Gasteiger partial charge in [-0.05, 0) is 38.1 Å². The maximum Gasteiger partial charge on any atom is 0.0110 e. The zero-order valence-electron chi connectivity index (χ0n) is 13.2. The van der Waals surface area contributed by atoms with E-state index in [9.17, 15) is 0 Å². The Hall–Kier alpha value is -0.120. The van der Waals surface area contributed by atoms with Crippen molar-refractivity contribution in [1.29, 1.82) is 0 Å². The van der Waals surface area contributed by atoms with Crippen LogP contribution < -0.4 is 5.32 Å². The molecule has 0 aromatic rings. The van der Waals surface area contributed by atoms with Crippen LogP contribution in [0.4, 0.5) is 0 Å². The van der Waals surface area contributed by atoms with Crippen molar-refractivity contribution in [3.8, 4) is 0 Å². The summed E-state index contributed by atoms with van der Waals surface area (Å²) in [6.45, 7) is 12.2. The van der Waals surface area contributed by atoms with E-state index < -0.39 is 0 Å². The van der Waals surface area contributed by atoms with Crippen molar-refractivity contribution in [3.63, 3.8) is 0 Å². The topological polar surface area (TPSA) is 18.5 Å². The van der Waals surface area contributed by atoms with Gasteiger partial charge in [-0.3, -0.25) is 4.90 Å². The van der Waals surface area contributed by atoms with Crippen LogP contribution in [0, 0.1) is 5.41 Å². The van der Waals surface area contributed by atoms with Gasteiger partial charge in [-0.1, -0.05) is 20.3 Å². The summed E-state index contributed by atoms with van der Waals surface area (Å²) in [6.07, 6.45) is 7.02. The fourth-order valence-electron chi connectivity index (χ4n) is 3.50. The molecule has 1 unspecified atom stereocenters. The number of likely N-dealkylation sites (N-methyl/N-ethyl adjacent to an activating group) is 1. The van der Waals surface area contributed by atoms with Gasteiger partial charge in [-0.15, -0.1) is 0 Å². The van der Waals surface area contributed by atoms with Gasteiger partial charge in [0.05, 0.1) is 0 Å². The van der Waals surface area contributed by atoms with Crippen LogP contribution in [0.25, 0.3) is 0 Å². The Bertz CT molecular complexity index is 259. The van der Waals surface area contributed by atoms with E-state index in [4.69, 9.17) is 0 Å². The van der Waals surface area contributed by atoms with E-state index in [1.54, 1.807) is 0 Å². The van der Waals surface area contributed by atoms with Crippen molar-refractivity contribution in [3.05, 3.63) is 0 Å². The first kappa shape index (κ1) is 15.3. The van der Waals surface area contributed by atoms with E-state index in [1.165, 1.54) is 71.4 Å². The predicted molar refractivity (Wildman–Crippen MR) is 82.6 cm³/mol. The molecule has 3 heteroatoms. The Morgan fingerprint density at radius 2 is 1.89 bits per heavy atom. The van der Waals surface area contributed by atoms with Crippen LogP contribution in [-0.2, 0) is 0 Å². The summed E-state index contributed by atoms with van der Waals surface area (Å²) in [5, 5.41) is 3.43. The van der Waals surface area contributed by atoms with Crippen LogP contribution >= 0.6 is 0 Å². The van der Waals surface area contributed by atoms with E-state index in [2.05, 4.69) is 36.0 Å². The predicted octanol–water partition coefficient (Wildman–Crippen LogP) is 2.18. The molecule has 112 valence electrons. The SMILES string of the molecule is CN(CCN1CCNCC1)C1CCCC(C)(C)CC1. The minimum absolute atomic E-state index is 0.578. The first-order chi connectivity index (χ1) is 9.07. The Labute approximate surface area is 119 Å². The zero-order valence-corrected chi connectivity index (χ0v) is 13.2. The second-order valence-corrected chi connectivity index (χ2v) is 7.32.